The van der Waals surface area contributed by atoms with Crippen LogP contribution in [0.2, 0.25) is 0 Å². The molecule has 132 valence electrons. The Morgan fingerprint density at radius 2 is 1.96 bits per heavy atom. The number of nitrogens with zero attached hydrogens (tertiary/aromatic N) is 1. The Morgan fingerprint density at radius 1 is 1.29 bits per heavy atom. The first kappa shape index (κ1) is 17.9. The van der Waals surface area contributed by atoms with Gasteiger partial charge in [0.1, 0.15) is 17.5 Å². The fraction of sp³-hybridized carbons (Fsp3) is 0.529. The molecule has 1 atom stereocenters. The van der Waals surface area contributed by atoms with E-state index in [1.165, 1.54) is 0 Å². The Kier molecular flexibility index (Phi) is 6.28. The molecule has 2 N–H and O–H groups in total. The molecule has 1 heterocycles. The van der Waals surface area contributed by atoms with Gasteiger partial charge in [0.25, 0.3) is 0 Å². The van der Waals surface area contributed by atoms with Gasteiger partial charge in [0.05, 0.1) is 14.2 Å². The van der Waals surface area contributed by atoms with E-state index in [4.69, 9.17) is 9.47 Å². The van der Waals surface area contributed by atoms with Gasteiger partial charge in [0.2, 0.25) is 5.91 Å². The fourth-order valence-electron chi connectivity index (χ4n) is 2.79. The third-order valence-corrected chi connectivity index (χ3v) is 4.08. The van der Waals surface area contributed by atoms with E-state index in [0.717, 1.165) is 17.1 Å². The molecule has 7 nitrogen and oxygen atoms in total. The van der Waals surface area contributed by atoms with Crippen molar-refractivity contribution in [1.82, 2.24) is 15.5 Å². The lowest BCUT2D eigenvalue weighted by atomic mass is 10.1. The van der Waals surface area contributed by atoms with Gasteiger partial charge in [0, 0.05) is 25.7 Å². The quantitative estimate of drug-likeness (QED) is 0.818. The van der Waals surface area contributed by atoms with Gasteiger partial charge in [-0.15, -0.1) is 0 Å². The van der Waals surface area contributed by atoms with Gasteiger partial charge in [0.15, 0.2) is 0 Å². The molecule has 7 heteroatoms. The number of benzene rings is 1. The van der Waals surface area contributed by atoms with Crippen molar-refractivity contribution in [3.63, 3.8) is 0 Å². The van der Waals surface area contributed by atoms with E-state index in [1.807, 2.05) is 19.1 Å². The minimum Gasteiger partial charge on any atom is -0.497 e. The largest absolute Gasteiger partial charge is 0.497 e. The smallest absolute Gasteiger partial charge is 0.318 e. The van der Waals surface area contributed by atoms with Crippen LogP contribution in [0.15, 0.2) is 18.2 Å². The molecule has 0 spiro atoms. The van der Waals surface area contributed by atoms with Crippen LogP contribution in [0.25, 0.3) is 0 Å². The summed E-state index contributed by atoms with van der Waals surface area (Å²) >= 11 is 0. The molecule has 1 saturated heterocycles. The molecule has 0 aromatic heterocycles. The van der Waals surface area contributed by atoms with Crippen molar-refractivity contribution in [2.24, 2.45) is 0 Å². The molecule has 24 heavy (non-hydrogen) atoms. The Bertz CT molecular complexity index is 569. The molecule has 1 aromatic carbocycles. The first-order valence-corrected chi connectivity index (χ1v) is 8.13. The lowest BCUT2D eigenvalue weighted by Crippen LogP contribution is -2.59. The standard InChI is InChI=1S/C17H25N3O4/c1-4-15-16(21)18-7-8-20(15)17(22)19-6-5-12-9-13(23-2)11-14(10-12)24-3/h9-11,15H,4-8H2,1-3H3,(H,18,21)(H,19,22). The van der Waals surface area contributed by atoms with Crippen molar-refractivity contribution < 1.29 is 19.1 Å². The van der Waals surface area contributed by atoms with Gasteiger partial charge in [-0.3, -0.25) is 4.79 Å². The van der Waals surface area contributed by atoms with Gasteiger partial charge >= 0.3 is 6.03 Å². The number of nitrogens with one attached hydrogen (secondary N) is 2. The molecular weight excluding hydrogens is 310 g/mol. The molecule has 0 bridgehead atoms. The Labute approximate surface area is 142 Å². The van der Waals surface area contributed by atoms with Crippen LogP contribution < -0.4 is 20.1 Å². The van der Waals surface area contributed by atoms with Crippen molar-refractivity contribution in [2.75, 3.05) is 33.9 Å². The zero-order chi connectivity index (χ0) is 17.5. The summed E-state index contributed by atoms with van der Waals surface area (Å²) in [6.07, 6.45) is 1.25. The average Bonchev–Trinajstić information content (AvgIpc) is 2.60. The Hall–Kier alpha value is -2.44. The van der Waals surface area contributed by atoms with Gasteiger partial charge < -0.3 is 25.0 Å². The summed E-state index contributed by atoms with van der Waals surface area (Å²) < 4.78 is 10.5. The lowest BCUT2D eigenvalue weighted by Gasteiger charge is -2.34. The summed E-state index contributed by atoms with van der Waals surface area (Å²) in [5.41, 5.74) is 1.01. The van der Waals surface area contributed by atoms with E-state index < -0.39 is 6.04 Å². The number of urea groups is 1. The maximum Gasteiger partial charge on any atom is 0.318 e. The summed E-state index contributed by atoms with van der Waals surface area (Å²) in [5.74, 6) is 1.35. The highest BCUT2D eigenvalue weighted by Crippen LogP contribution is 2.22. The minimum atomic E-state index is -0.393. The van der Waals surface area contributed by atoms with Crippen LogP contribution in [0.5, 0.6) is 11.5 Å². The first-order valence-electron chi connectivity index (χ1n) is 8.13. The average molecular weight is 335 g/mol. The van der Waals surface area contributed by atoms with Crippen LogP contribution in [0, 0.1) is 0 Å². The molecule has 3 amide bonds. The highest BCUT2D eigenvalue weighted by molar-refractivity contribution is 5.88. The van der Waals surface area contributed by atoms with Gasteiger partial charge in [-0.2, -0.15) is 0 Å². The molecule has 1 fully saturated rings. The number of carbonyl (C=O) groups excluding carboxylic acids is 2. The zero-order valence-electron chi connectivity index (χ0n) is 14.4. The van der Waals surface area contributed by atoms with Crippen LogP contribution in [-0.4, -0.2) is 56.7 Å². The molecule has 0 saturated carbocycles. The van der Waals surface area contributed by atoms with E-state index in [0.29, 0.717) is 32.5 Å². The second kappa shape index (κ2) is 8.42. The molecule has 1 aromatic rings. The number of carbonyl (C=O) groups is 2. The van der Waals surface area contributed by atoms with Gasteiger partial charge in [-0.1, -0.05) is 6.92 Å². The third-order valence-electron chi connectivity index (χ3n) is 4.08. The van der Waals surface area contributed by atoms with Crippen LogP contribution in [0.4, 0.5) is 4.79 Å². The van der Waals surface area contributed by atoms with E-state index in [1.54, 1.807) is 25.2 Å². The molecule has 2 rings (SSSR count). The SMILES string of the molecule is CCC1C(=O)NCCN1C(=O)NCCc1cc(OC)cc(OC)c1. The first-order chi connectivity index (χ1) is 11.6. The van der Waals surface area contributed by atoms with Crippen molar-refractivity contribution in [3.8, 4) is 11.5 Å². The number of ether oxygens (including phenoxy) is 2. The van der Waals surface area contributed by atoms with Crippen LogP contribution in [0.3, 0.4) is 0 Å². The summed E-state index contributed by atoms with van der Waals surface area (Å²) in [5, 5.41) is 5.67. The predicted molar refractivity (Wildman–Crippen MR) is 90.4 cm³/mol. The minimum absolute atomic E-state index is 0.0866. The second-order valence-electron chi connectivity index (χ2n) is 5.61. The number of piperazine rings is 1. The summed E-state index contributed by atoms with van der Waals surface area (Å²) in [6, 6.07) is 5.04. The zero-order valence-corrected chi connectivity index (χ0v) is 14.4. The van der Waals surface area contributed by atoms with Crippen molar-refractivity contribution >= 4 is 11.9 Å². The van der Waals surface area contributed by atoms with Crippen molar-refractivity contribution in [1.29, 1.82) is 0 Å². The Morgan fingerprint density at radius 3 is 2.54 bits per heavy atom. The predicted octanol–water partition coefficient (Wildman–Crippen LogP) is 1.17. The van der Waals surface area contributed by atoms with E-state index >= 15 is 0 Å². The lowest BCUT2D eigenvalue weighted by molar-refractivity contribution is -0.127. The maximum absolute atomic E-state index is 12.3. The number of hydrogen-bond donors (Lipinski definition) is 2. The molecule has 1 unspecified atom stereocenters. The number of methoxy groups -OCH3 is 2. The summed E-state index contributed by atoms with van der Waals surface area (Å²) in [4.78, 5) is 25.8. The van der Waals surface area contributed by atoms with E-state index in [2.05, 4.69) is 10.6 Å². The van der Waals surface area contributed by atoms with Crippen molar-refractivity contribution in [2.45, 2.75) is 25.8 Å². The molecule has 1 aliphatic heterocycles. The number of rotatable bonds is 6. The maximum atomic E-state index is 12.3. The Balaban J connectivity index is 1.91. The van der Waals surface area contributed by atoms with E-state index in [9.17, 15) is 9.59 Å². The molecular formula is C17H25N3O4. The number of amides is 3. The van der Waals surface area contributed by atoms with Crippen LogP contribution >= 0.6 is 0 Å². The second-order valence-corrected chi connectivity index (χ2v) is 5.61. The van der Waals surface area contributed by atoms with E-state index in [-0.39, 0.29) is 11.9 Å². The van der Waals surface area contributed by atoms with Crippen LogP contribution in [0.1, 0.15) is 18.9 Å². The number of hydrogen-bond acceptors (Lipinski definition) is 4. The summed E-state index contributed by atoms with van der Waals surface area (Å²) in [6.45, 7) is 3.40. The molecule has 0 radical (unpaired) electrons. The molecule has 0 aliphatic carbocycles. The van der Waals surface area contributed by atoms with Gasteiger partial charge in [-0.25, -0.2) is 4.79 Å². The highest BCUT2D eigenvalue weighted by atomic mass is 16.5. The normalized spacial score (nSPS) is 17.2. The topological polar surface area (TPSA) is 79.9 Å². The van der Waals surface area contributed by atoms with Crippen LogP contribution in [-0.2, 0) is 11.2 Å². The fourth-order valence-corrected chi connectivity index (χ4v) is 2.79. The molecule has 1 aliphatic rings. The monoisotopic (exact) mass is 335 g/mol. The van der Waals surface area contributed by atoms with Gasteiger partial charge in [-0.05, 0) is 30.5 Å². The van der Waals surface area contributed by atoms with Crippen molar-refractivity contribution in [3.05, 3.63) is 23.8 Å². The highest BCUT2D eigenvalue weighted by Gasteiger charge is 2.31. The third kappa shape index (κ3) is 4.31. The summed E-state index contributed by atoms with van der Waals surface area (Å²) in [7, 11) is 3.21.